The Hall–Kier alpha value is -0.340. The van der Waals surface area contributed by atoms with Gasteiger partial charge in [0.15, 0.2) is 0 Å². The number of fused-ring (bicyclic) bond motifs is 1. The topological polar surface area (TPSA) is 35.2 Å². The summed E-state index contributed by atoms with van der Waals surface area (Å²) in [5.74, 6) is 6.84. The van der Waals surface area contributed by atoms with Gasteiger partial charge in [0.2, 0.25) is 0 Å². The molecule has 3 atom stereocenters. The van der Waals surface area contributed by atoms with Gasteiger partial charge in [0, 0.05) is 0 Å². The van der Waals surface area contributed by atoms with Crippen LogP contribution in [0.15, 0.2) is 11.6 Å². The summed E-state index contributed by atoms with van der Waals surface area (Å²) in [5, 5.41) is 0. The van der Waals surface area contributed by atoms with Crippen LogP contribution >= 0.6 is 0 Å². The Bertz CT molecular complexity index is 244. The predicted molar refractivity (Wildman–Crippen MR) is 52.8 cm³/mol. The highest BCUT2D eigenvalue weighted by molar-refractivity contribution is 5.25. The van der Waals surface area contributed by atoms with Crippen LogP contribution in [0.25, 0.3) is 0 Å². The van der Waals surface area contributed by atoms with Crippen LogP contribution in [0.2, 0.25) is 0 Å². The molecule has 0 saturated heterocycles. The molecule has 3 unspecified atom stereocenters. The van der Waals surface area contributed by atoms with Gasteiger partial charge in [-0.1, -0.05) is 19.9 Å². The van der Waals surface area contributed by atoms with E-state index in [0.29, 0.717) is 11.3 Å². The molecular formula is C11H19NO. The van der Waals surface area contributed by atoms with Gasteiger partial charge < -0.3 is 0 Å². The average Bonchev–Trinajstić information content (AvgIpc) is 2.16. The van der Waals surface area contributed by atoms with Gasteiger partial charge in [0.25, 0.3) is 0 Å². The fraction of sp³-hybridized carbons (Fsp3) is 0.818. The molecule has 2 nitrogen and oxygen atoms in total. The van der Waals surface area contributed by atoms with Crippen LogP contribution in [-0.4, -0.2) is 6.10 Å². The van der Waals surface area contributed by atoms with E-state index < -0.39 is 0 Å². The van der Waals surface area contributed by atoms with Gasteiger partial charge in [-0.2, -0.15) is 0 Å². The Balaban J connectivity index is 2.18. The molecule has 0 spiro atoms. The van der Waals surface area contributed by atoms with Gasteiger partial charge in [-0.3, -0.25) is 4.84 Å². The van der Waals surface area contributed by atoms with Crippen molar-refractivity contribution >= 4 is 0 Å². The maximum Gasteiger partial charge on any atom is 0.0972 e. The Morgan fingerprint density at radius 1 is 1.62 bits per heavy atom. The summed E-state index contributed by atoms with van der Waals surface area (Å²) in [4.78, 5) is 4.91. The van der Waals surface area contributed by atoms with E-state index in [-0.39, 0.29) is 6.10 Å². The van der Waals surface area contributed by atoms with Gasteiger partial charge in [0.05, 0.1) is 6.10 Å². The van der Waals surface area contributed by atoms with E-state index in [4.69, 9.17) is 10.7 Å². The number of rotatable bonds is 2. The molecule has 0 aromatic heterocycles. The van der Waals surface area contributed by atoms with Crippen LogP contribution in [0.1, 0.15) is 33.6 Å². The number of allylic oxidation sites excluding steroid dienone is 1. The van der Waals surface area contributed by atoms with E-state index in [1.54, 1.807) is 0 Å². The molecule has 2 bridgehead atoms. The van der Waals surface area contributed by atoms with Crippen molar-refractivity contribution in [3.05, 3.63) is 11.6 Å². The first kappa shape index (κ1) is 9.22. The first-order chi connectivity index (χ1) is 6.07. The third-order valence-corrected chi connectivity index (χ3v) is 4.18. The molecule has 1 saturated carbocycles. The van der Waals surface area contributed by atoms with E-state index in [1.165, 1.54) is 18.4 Å². The SMILES string of the molecule is CC(ON)C1=CCC2CC1C2(C)C. The summed E-state index contributed by atoms with van der Waals surface area (Å²) in [5.41, 5.74) is 1.91. The fourth-order valence-corrected chi connectivity index (χ4v) is 2.93. The monoisotopic (exact) mass is 181 g/mol. The normalized spacial score (nSPS) is 37.7. The van der Waals surface area contributed by atoms with Crippen molar-refractivity contribution in [1.82, 2.24) is 0 Å². The van der Waals surface area contributed by atoms with E-state index in [0.717, 1.165) is 5.92 Å². The second kappa shape index (κ2) is 2.82. The van der Waals surface area contributed by atoms with Crippen molar-refractivity contribution in [3.8, 4) is 0 Å². The number of hydrogen-bond acceptors (Lipinski definition) is 2. The lowest BCUT2D eigenvalue weighted by molar-refractivity contribution is -0.0304. The van der Waals surface area contributed by atoms with Crippen LogP contribution in [0.3, 0.4) is 0 Å². The number of hydrogen-bond donors (Lipinski definition) is 1. The van der Waals surface area contributed by atoms with Crippen molar-refractivity contribution in [2.24, 2.45) is 23.1 Å². The minimum atomic E-state index is 0.102. The predicted octanol–water partition coefficient (Wildman–Crippen LogP) is 2.26. The Morgan fingerprint density at radius 2 is 2.31 bits per heavy atom. The molecular weight excluding hydrogens is 162 g/mol. The molecule has 0 aromatic carbocycles. The molecule has 0 aliphatic heterocycles. The second-order valence-corrected chi connectivity index (χ2v) is 5.02. The van der Waals surface area contributed by atoms with E-state index >= 15 is 0 Å². The molecule has 3 aliphatic carbocycles. The van der Waals surface area contributed by atoms with Crippen LogP contribution in [0.4, 0.5) is 0 Å². The summed E-state index contributed by atoms with van der Waals surface area (Å²) in [6.07, 6.45) is 4.99. The quantitative estimate of drug-likeness (QED) is 0.524. The standard InChI is InChI=1S/C11H19NO/c1-7(13-12)9-5-4-8-6-10(9)11(8,2)3/h5,7-8,10H,4,6,12H2,1-3H3. The van der Waals surface area contributed by atoms with Crippen LogP contribution in [-0.2, 0) is 4.84 Å². The zero-order valence-corrected chi connectivity index (χ0v) is 8.71. The Kier molecular flexibility index (Phi) is 2.00. The highest BCUT2D eigenvalue weighted by Crippen LogP contribution is 2.59. The van der Waals surface area contributed by atoms with Crippen molar-refractivity contribution in [2.75, 3.05) is 0 Å². The molecule has 3 rings (SSSR count). The van der Waals surface area contributed by atoms with Gasteiger partial charge >= 0.3 is 0 Å². The zero-order chi connectivity index (χ0) is 9.64. The first-order valence-electron chi connectivity index (χ1n) is 5.13. The highest BCUT2D eigenvalue weighted by atomic mass is 16.6. The maximum absolute atomic E-state index is 5.23. The molecule has 0 amide bonds. The summed E-state index contributed by atoms with van der Waals surface area (Å²) < 4.78 is 0. The molecule has 2 N–H and O–H groups in total. The maximum atomic E-state index is 5.23. The first-order valence-corrected chi connectivity index (χ1v) is 5.13. The number of nitrogens with two attached hydrogens (primary N) is 1. The van der Waals surface area contributed by atoms with Crippen molar-refractivity contribution in [1.29, 1.82) is 0 Å². The van der Waals surface area contributed by atoms with Crippen molar-refractivity contribution < 1.29 is 4.84 Å². The molecule has 13 heavy (non-hydrogen) atoms. The van der Waals surface area contributed by atoms with Crippen molar-refractivity contribution in [3.63, 3.8) is 0 Å². The molecule has 0 aromatic rings. The van der Waals surface area contributed by atoms with Gasteiger partial charge in [-0.15, -0.1) is 0 Å². The van der Waals surface area contributed by atoms with Crippen molar-refractivity contribution in [2.45, 2.75) is 39.7 Å². The molecule has 0 radical (unpaired) electrons. The lowest BCUT2D eigenvalue weighted by Crippen LogP contribution is -2.50. The Morgan fingerprint density at radius 3 is 2.77 bits per heavy atom. The third-order valence-electron chi connectivity index (χ3n) is 4.18. The molecule has 2 heteroatoms. The third kappa shape index (κ3) is 1.16. The summed E-state index contributed by atoms with van der Waals surface area (Å²) in [6.45, 7) is 6.77. The summed E-state index contributed by atoms with van der Waals surface area (Å²) in [7, 11) is 0. The molecule has 0 heterocycles. The van der Waals surface area contributed by atoms with E-state index in [1.807, 2.05) is 6.92 Å². The molecule has 3 aliphatic rings. The smallest absolute Gasteiger partial charge is 0.0972 e. The molecule has 1 fully saturated rings. The van der Waals surface area contributed by atoms with Gasteiger partial charge in [0.1, 0.15) is 0 Å². The van der Waals surface area contributed by atoms with Gasteiger partial charge in [-0.05, 0) is 42.6 Å². The lowest BCUT2D eigenvalue weighted by atomic mass is 9.48. The molecule has 74 valence electrons. The largest absolute Gasteiger partial charge is 0.297 e. The highest BCUT2D eigenvalue weighted by Gasteiger charge is 2.52. The van der Waals surface area contributed by atoms with Gasteiger partial charge in [-0.25, -0.2) is 5.90 Å². The van der Waals surface area contributed by atoms with E-state index in [9.17, 15) is 0 Å². The zero-order valence-electron chi connectivity index (χ0n) is 8.71. The van der Waals surface area contributed by atoms with E-state index in [2.05, 4.69) is 19.9 Å². The van der Waals surface area contributed by atoms with Crippen LogP contribution in [0, 0.1) is 17.3 Å². The average molecular weight is 181 g/mol. The Labute approximate surface area is 80.1 Å². The minimum Gasteiger partial charge on any atom is -0.297 e. The summed E-state index contributed by atoms with van der Waals surface area (Å²) in [6, 6.07) is 0. The minimum absolute atomic E-state index is 0.102. The fourth-order valence-electron chi connectivity index (χ4n) is 2.93. The summed E-state index contributed by atoms with van der Waals surface area (Å²) >= 11 is 0. The van der Waals surface area contributed by atoms with Crippen LogP contribution < -0.4 is 5.90 Å². The lowest BCUT2D eigenvalue weighted by Gasteiger charge is -2.57. The second-order valence-electron chi connectivity index (χ2n) is 5.02. The van der Waals surface area contributed by atoms with Crippen LogP contribution in [0.5, 0.6) is 0 Å².